The molecule has 4 aromatic rings. The molecule has 21 heavy (non-hydrogen) atoms. The Kier molecular flexibility index (Phi) is 2.82. The predicted octanol–water partition coefficient (Wildman–Crippen LogP) is 5.76. The molecular weight excluding hydrogens is 256 g/mol. The number of rotatable bonds is 2. The lowest BCUT2D eigenvalue weighted by Crippen LogP contribution is -1.73. The van der Waals surface area contributed by atoms with Gasteiger partial charge < -0.3 is 4.42 Å². The Morgan fingerprint density at radius 3 is 2.19 bits per heavy atom. The molecular formula is C20H14O. The molecule has 1 heteroatoms. The molecule has 0 radical (unpaired) electrons. The lowest BCUT2D eigenvalue weighted by molar-refractivity contribution is 0.669. The van der Waals surface area contributed by atoms with Crippen molar-refractivity contribution in [2.45, 2.75) is 0 Å². The summed E-state index contributed by atoms with van der Waals surface area (Å²) >= 11 is 0. The van der Waals surface area contributed by atoms with E-state index in [1.165, 1.54) is 16.3 Å². The minimum absolute atomic E-state index is 0.936. The summed E-state index contributed by atoms with van der Waals surface area (Å²) in [4.78, 5) is 0. The minimum Gasteiger partial charge on any atom is -0.456 e. The van der Waals surface area contributed by atoms with Crippen molar-refractivity contribution in [3.8, 4) is 0 Å². The summed E-state index contributed by atoms with van der Waals surface area (Å²) in [5, 5.41) is 2.34. The molecule has 0 fully saturated rings. The Bertz CT molecular complexity index is 930. The van der Waals surface area contributed by atoms with Crippen molar-refractivity contribution in [3.05, 3.63) is 83.9 Å². The fraction of sp³-hybridized carbons (Fsp3) is 0. The normalized spacial score (nSPS) is 11.6. The number of hydrogen-bond acceptors (Lipinski definition) is 1. The van der Waals surface area contributed by atoms with Gasteiger partial charge in [-0.2, -0.15) is 0 Å². The summed E-state index contributed by atoms with van der Waals surface area (Å²) in [7, 11) is 0. The summed E-state index contributed by atoms with van der Waals surface area (Å²) in [6.45, 7) is 0. The lowest BCUT2D eigenvalue weighted by Gasteiger charge is -1.95. The first-order valence-corrected chi connectivity index (χ1v) is 7.04. The molecule has 0 unspecified atom stereocenters. The molecule has 4 rings (SSSR count). The van der Waals surface area contributed by atoms with E-state index < -0.39 is 0 Å². The number of fused-ring (bicyclic) bond motifs is 3. The van der Waals surface area contributed by atoms with Crippen LogP contribution in [0.15, 0.2) is 77.2 Å². The van der Waals surface area contributed by atoms with Gasteiger partial charge in [-0.15, -0.1) is 0 Å². The zero-order valence-corrected chi connectivity index (χ0v) is 11.5. The highest BCUT2D eigenvalue weighted by Gasteiger charge is 2.05. The van der Waals surface area contributed by atoms with Gasteiger partial charge in [0.2, 0.25) is 0 Å². The number of benzene rings is 3. The Morgan fingerprint density at radius 2 is 1.29 bits per heavy atom. The van der Waals surface area contributed by atoms with Crippen LogP contribution >= 0.6 is 0 Å². The number of para-hydroxylation sites is 1. The van der Waals surface area contributed by atoms with Crippen LogP contribution in [0.2, 0.25) is 0 Å². The van der Waals surface area contributed by atoms with Gasteiger partial charge >= 0.3 is 0 Å². The van der Waals surface area contributed by atoms with E-state index in [0.29, 0.717) is 0 Å². The number of hydrogen-bond donors (Lipinski definition) is 0. The third kappa shape index (κ3) is 2.23. The maximum absolute atomic E-state index is 5.91. The van der Waals surface area contributed by atoms with Gasteiger partial charge in [-0.25, -0.2) is 0 Å². The highest BCUT2D eigenvalue weighted by atomic mass is 16.3. The SMILES string of the molecule is C(=C\c1ccc2c(c1)oc1ccccc12)/c1ccccc1. The standard InChI is InChI=1S/C20H14O/c1-2-6-15(7-3-1)10-11-16-12-13-18-17-8-4-5-9-19(17)21-20(18)14-16/h1-14H/b11-10+. The van der Waals surface area contributed by atoms with E-state index in [1.807, 2.05) is 36.4 Å². The maximum Gasteiger partial charge on any atom is 0.136 e. The molecule has 1 nitrogen and oxygen atoms in total. The van der Waals surface area contributed by atoms with Gasteiger partial charge in [-0.1, -0.05) is 66.7 Å². The average Bonchev–Trinajstić information content (AvgIpc) is 2.91. The lowest BCUT2D eigenvalue weighted by atomic mass is 10.1. The molecule has 100 valence electrons. The second kappa shape index (κ2) is 4.95. The van der Waals surface area contributed by atoms with Crippen molar-refractivity contribution in [3.63, 3.8) is 0 Å². The fourth-order valence-corrected chi connectivity index (χ4v) is 2.60. The second-order valence-corrected chi connectivity index (χ2v) is 5.10. The summed E-state index contributed by atoms with van der Waals surface area (Å²) in [6, 6.07) is 24.8. The molecule has 0 saturated heterocycles. The van der Waals surface area contributed by atoms with Gasteiger partial charge in [-0.3, -0.25) is 0 Å². The van der Waals surface area contributed by atoms with Crippen LogP contribution in [-0.2, 0) is 0 Å². The van der Waals surface area contributed by atoms with Gasteiger partial charge in [0.25, 0.3) is 0 Å². The van der Waals surface area contributed by atoms with Gasteiger partial charge in [0, 0.05) is 10.8 Å². The van der Waals surface area contributed by atoms with E-state index >= 15 is 0 Å². The third-order valence-corrected chi connectivity index (χ3v) is 3.67. The largest absolute Gasteiger partial charge is 0.456 e. The summed E-state index contributed by atoms with van der Waals surface area (Å²) < 4.78 is 5.91. The van der Waals surface area contributed by atoms with Gasteiger partial charge in [-0.05, 0) is 29.3 Å². The van der Waals surface area contributed by atoms with Crippen LogP contribution < -0.4 is 0 Å². The quantitative estimate of drug-likeness (QED) is 0.422. The van der Waals surface area contributed by atoms with Crippen LogP contribution in [0.1, 0.15) is 11.1 Å². The third-order valence-electron chi connectivity index (χ3n) is 3.67. The molecule has 0 saturated carbocycles. The van der Waals surface area contributed by atoms with Crippen molar-refractivity contribution < 1.29 is 4.42 Å². The van der Waals surface area contributed by atoms with Crippen molar-refractivity contribution in [2.75, 3.05) is 0 Å². The summed E-state index contributed by atoms with van der Waals surface area (Å²) in [5.74, 6) is 0. The van der Waals surface area contributed by atoms with E-state index in [4.69, 9.17) is 4.42 Å². The fourth-order valence-electron chi connectivity index (χ4n) is 2.60. The number of furan rings is 1. The van der Waals surface area contributed by atoms with Crippen LogP contribution in [0.5, 0.6) is 0 Å². The molecule has 0 aliphatic carbocycles. The molecule has 0 bridgehead atoms. The molecule has 1 heterocycles. The maximum atomic E-state index is 5.91. The Hall–Kier alpha value is -2.80. The van der Waals surface area contributed by atoms with Gasteiger partial charge in [0.05, 0.1) is 0 Å². The Labute approximate surface area is 123 Å². The van der Waals surface area contributed by atoms with E-state index in [9.17, 15) is 0 Å². The predicted molar refractivity (Wildman–Crippen MR) is 89.1 cm³/mol. The zero-order chi connectivity index (χ0) is 14.1. The molecule has 0 aliphatic heterocycles. The molecule has 0 atom stereocenters. The van der Waals surface area contributed by atoms with E-state index in [-0.39, 0.29) is 0 Å². The zero-order valence-electron chi connectivity index (χ0n) is 11.5. The van der Waals surface area contributed by atoms with E-state index in [1.54, 1.807) is 0 Å². The van der Waals surface area contributed by atoms with Crippen LogP contribution in [0.4, 0.5) is 0 Å². The van der Waals surface area contributed by atoms with Crippen LogP contribution in [0.3, 0.4) is 0 Å². The van der Waals surface area contributed by atoms with E-state index in [0.717, 1.165) is 16.7 Å². The summed E-state index contributed by atoms with van der Waals surface area (Å²) in [5.41, 5.74) is 4.22. The highest BCUT2D eigenvalue weighted by molar-refractivity contribution is 6.05. The molecule has 0 amide bonds. The van der Waals surface area contributed by atoms with Gasteiger partial charge in [0.1, 0.15) is 11.2 Å². The minimum atomic E-state index is 0.936. The Balaban J connectivity index is 1.77. The molecule has 1 aromatic heterocycles. The summed E-state index contributed by atoms with van der Waals surface area (Å²) in [6.07, 6.45) is 4.23. The first-order valence-electron chi connectivity index (χ1n) is 7.04. The average molecular weight is 270 g/mol. The van der Waals surface area contributed by atoms with Crippen LogP contribution in [0.25, 0.3) is 34.1 Å². The van der Waals surface area contributed by atoms with E-state index in [2.05, 4.69) is 48.6 Å². The molecule has 0 spiro atoms. The second-order valence-electron chi connectivity index (χ2n) is 5.10. The van der Waals surface area contributed by atoms with Gasteiger partial charge in [0.15, 0.2) is 0 Å². The van der Waals surface area contributed by atoms with Crippen molar-refractivity contribution in [1.82, 2.24) is 0 Å². The van der Waals surface area contributed by atoms with Crippen molar-refractivity contribution >= 4 is 34.1 Å². The Morgan fingerprint density at radius 1 is 0.571 bits per heavy atom. The van der Waals surface area contributed by atoms with Crippen molar-refractivity contribution in [2.24, 2.45) is 0 Å². The molecule has 3 aromatic carbocycles. The monoisotopic (exact) mass is 270 g/mol. The van der Waals surface area contributed by atoms with Crippen LogP contribution in [-0.4, -0.2) is 0 Å². The first kappa shape index (κ1) is 12.0. The topological polar surface area (TPSA) is 13.1 Å². The first-order chi connectivity index (χ1) is 10.4. The molecule has 0 N–H and O–H groups in total. The smallest absolute Gasteiger partial charge is 0.136 e. The van der Waals surface area contributed by atoms with Crippen LogP contribution in [0, 0.1) is 0 Å². The highest BCUT2D eigenvalue weighted by Crippen LogP contribution is 2.29. The van der Waals surface area contributed by atoms with Crippen molar-refractivity contribution in [1.29, 1.82) is 0 Å². The molecule has 0 aliphatic rings.